The lowest BCUT2D eigenvalue weighted by atomic mass is 10.2. The molecular formula is C18H18ClN5O2. The van der Waals surface area contributed by atoms with Crippen LogP contribution in [-0.2, 0) is 13.6 Å². The average Bonchev–Trinajstić information content (AvgIpc) is 3.36. The number of hydrazone groups is 1. The zero-order valence-electron chi connectivity index (χ0n) is 14.2. The Hall–Kier alpha value is -2.80. The molecule has 134 valence electrons. The number of aromatic nitrogens is 3. The molecule has 26 heavy (non-hydrogen) atoms. The molecule has 0 radical (unpaired) electrons. The summed E-state index contributed by atoms with van der Waals surface area (Å²) < 4.78 is 2.68. The third kappa shape index (κ3) is 3.17. The van der Waals surface area contributed by atoms with Crippen molar-refractivity contribution in [1.82, 2.24) is 14.1 Å². The van der Waals surface area contributed by atoms with E-state index in [0.717, 1.165) is 33.9 Å². The summed E-state index contributed by atoms with van der Waals surface area (Å²) in [5.41, 5.74) is 3.96. The molecular weight excluding hydrogens is 354 g/mol. The molecule has 0 atom stereocenters. The molecule has 8 heteroatoms. The molecule has 0 spiro atoms. The van der Waals surface area contributed by atoms with Crippen molar-refractivity contribution in [1.29, 1.82) is 0 Å². The van der Waals surface area contributed by atoms with Crippen molar-refractivity contribution in [3.8, 4) is 0 Å². The highest BCUT2D eigenvalue weighted by atomic mass is 35.5. The van der Waals surface area contributed by atoms with Gasteiger partial charge in [-0.3, -0.25) is 19.4 Å². The Morgan fingerprint density at radius 1 is 1.35 bits per heavy atom. The van der Waals surface area contributed by atoms with E-state index < -0.39 is 0 Å². The van der Waals surface area contributed by atoms with E-state index in [2.05, 4.69) is 15.5 Å². The Balaban J connectivity index is 1.64. The summed E-state index contributed by atoms with van der Waals surface area (Å²) in [6.45, 7) is 0.591. The normalized spacial score (nSPS) is 14.4. The minimum atomic E-state index is -0.362. The van der Waals surface area contributed by atoms with Gasteiger partial charge in [0.2, 0.25) is 0 Å². The summed E-state index contributed by atoms with van der Waals surface area (Å²) in [6.07, 6.45) is 5.67. The molecule has 0 saturated heterocycles. The summed E-state index contributed by atoms with van der Waals surface area (Å²) in [5.74, 6) is 0.893. The SMILES string of the molecule is Cn1c(=O)cc(N/N=C/c2c[nH]c3ccc(Cl)cc23)n(CC2CC2)c1=O. The molecule has 0 amide bonds. The lowest BCUT2D eigenvalue weighted by Gasteiger charge is -2.12. The number of hydrogen-bond donors (Lipinski definition) is 2. The Kier molecular flexibility index (Phi) is 4.16. The number of hydrogen-bond acceptors (Lipinski definition) is 4. The van der Waals surface area contributed by atoms with Gasteiger partial charge in [-0.2, -0.15) is 5.10 Å². The van der Waals surface area contributed by atoms with E-state index in [1.54, 1.807) is 10.8 Å². The number of halogens is 1. The van der Waals surface area contributed by atoms with Crippen LogP contribution in [0.4, 0.5) is 5.82 Å². The fourth-order valence-corrected chi connectivity index (χ4v) is 3.06. The van der Waals surface area contributed by atoms with Gasteiger partial charge in [0.1, 0.15) is 5.82 Å². The molecule has 3 aromatic rings. The summed E-state index contributed by atoms with van der Waals surface area (Å²) in [7, 11) is 1.48. The van der Waals surface area contributed by atoms with Gasteiger partial charge in [0.15, 0.2) is 0 Å². The average molecular weight is 372 g/mol. The van der Waals surface area contributed by atoms with Crippen molar-refractivity contribution >= 4 is 34.5 Å². The van der Waals surface area contributed by atoms with Crippen molar-refractivity contribution in [2.24, 2.45) is 18.1 Å². The molecule has 7 nitrogen and oxygen atoms in total. The molecule has 1 fully saturated rings. The number of benzene rings is 1. The first-order valence-electron chi connectivity index (χ1n) is 8.39. The fourth-order valence-electron chi connectivity index (χ4n) is 2.89. The zero-order valence-corrected chi connectivity index (χ0v) is 15.0. The Labute approximate surface area is 153 Å². The van der Waals surface area contributed by atoms with Crippen LogP contribution < -0.4 is 16.7 Å². The van der Waals surface area contributed by atoms with Gasteiger partial charge in [-0.1, -0.05) is 11.6 Å². The van der Waals surface area contributed by atoms with Crippen LogP contribution in [0.25, 0.3) is 10.9 Å². The molecule has 1 aliphatic carbocycles. The van der Waals surface area contributed by atoms with Crippen LogP contribution in [0.5, 0.6) is 0 Å². The maximum atomic E-state index is 12.4. The number of nitrogens with zero attached hydrogens (tertiary/aromatic N) is 3. The first kappa shape index (κ1) is 16.7. The standard InChI is InChI=1S/C18H18ClN5O2/c1-23-17(25)7-16(24(18(23)26)10-11-2-3-11)22-21-9-12-8-20-15-5-4-13(19)6-14(12)15/h4-9,11,20,22H,2-3,10H2,1H3/b21-9+. The van der Waals surface area contributed by atoms with Gasteiger partial charge in [0, 0.05) is 47.3 Å². The molecule has 1 aromatic carbocycles. The highest BCUT2D eigenvalue weighted by Crippen LogP contribution is 2.30. The topological polar surface area (TPSA) is 84.2 Å². The largest absolute Gasteiger partial charge is 0.361 e. The van der Waals surface area contributed by atoms with Crippen LogP contribution >= 0.6 is 11.6 Å². The van der Waals surface area contributed by atoms with E-state index in [9.17, 15) is 9.59 Å². The van der Waals surface area contributed by atoms with Gasteiger partial charge >= 0.3 is 5.69 Å². The number of fused-ring (bicyclic) bond motifs is 1. The smallest absolute Gasteiger partial charge is 0.332 e. The first-order chi connectivity index (χ1) is 12.5. The third-order valence-electron chi connectivity index (χ3n) is 4.60. The predicted molar refractivity (Wildman–Crippen MR) is 103 cm³/mol. The molecule has 1 saturated carbocycles. The molecule has 2 N–H and O–H groups in total. The van der Waals surface area contributed by atoms with Crippen LogP contribution in [-0.4, -0.2) is 20.3 Å². The quantitative estimate of drug-likeness (QED) is 0.534. The predicted octanol–water partition coefficient (Wildman–Crippen LogP) is 2.54. The molecule has 1 aliphatic rings. The number of anilines is 1. The van der Waals surface area contributed by atoms with Crippen molar-refractivity contribution in [3.05, 3.63) is 61.9 Å². The van der Waals surface area contributed by atoms with Crippen LogP contribution in [0.3, 0.4) is 0 Å². The van der Waals surface area contributed by atoms with E-state index in [1.807, 2.05) is 24.4 Å². The van der Waals surface area contributed by atoms with E-state index in [1.165, 1.54) is 13.1 Å². The lowest BCUT2D eigenvalue weighted by molar-refractivity contribution is 0.564. The zero-order chi connectivity index (χ0) is 18.3. The number of rotatable bonds is 5. The fraction of sp³-hybridized carbons (Fsp3) is 0.278. The third-order valence-corrected chi connectivity index (χ3v) is 4.83. The van der Waals surface area contributed by atoms with Gasteiger partial charge in [0.05, 0.1) is 6.21 Å². The second-order valence-electron chi connectivity index (χ2n) is 6.57. The first-order valence-corrected chi connectivity index (χ1v) is 8.77. The van der Waals surface area contributed by atoms with E-state index >= 15 is 0 Å². The summed E-state index contributed by atoms with van der Waals surface area (Å²) in [5, 5.41) is 5.81. The number of nitrogens with one attached hydrogen (secondary N) is 2. The van der Waals surface area contributed by atoms with Crippen molar-refractivity contribution < 1.29 is 0 Å². The minimum absolute atomic E-state index is 0.332. The van der Waals surface area contributed by atoms with Gasteiger partial charge in [0.25, 0.3) is 5.56 Å². The van der Waals surface area contributed by atoms with Crippen LogP contribution in [0.2, 0.25) is 5.02 Å². The van der Waals surface area contributed by atoms with Crippen LogP contribution in [0.15, 0.2) is 45.2 Å². The summed E-state index contributed by atoms with van der Waals surface area (Å²) in [4.78, 5) is 27.5. The Morgan fingerprint density at radius 3 is 2.92 bits per heavy atom. The number of H-pyrrole nitrogens is 1. The van der Waals surface area contributed by atoms with Gasteiger partial charge in [-0.25, -0.2) is 4.79 Å². The molecule has 0 aliphatic heterocycles. The molecule has 2 heterocycles. The van der Waals surface area contributed by atoms with Crippen molar-refractivity contribution in [2.75, 3.05) is 5.43 Å². The molecule has 0 unspecified atom stereocenters. The lowest BCUT2D eigenvalue weighted by Crippen LogP contribution is -2.38. The Morgan fingerprint density at radius 2 is 2.15 bits per heavy atom. The highest BCUT2D eigenvalue weighted by molar-refractivity contribution is 6.31. The minimum Gasteiger partial charge on any atom is -0.361 e. The van der Waals surface area contributed by atoms with Crippen LogP contribution in [0.1, 0.15) is 18.4 Å². The maximum absolute atomic E-state index is 12.4. The summed E-state index contributed by atoms with van der Waals surface area (Å²) in [6, 6.07) is 6.97. The monoisotopic (exact) mass is 371 g/mol. The maximum Gasteiger partial charge on any atom is 0.332 e. The van der Waals surface area contributed by atoms with Crippen LogP contribution in [0, 0.1) is 5.92 Å². The molecule has 4 rings (SSSR count). The van der Waals surface area contributed by atoms with E-state index in [4.69, 9.17) is 11.6 Å². The second-order valence-corrected chi connectivity index (χ2v) is 7.00. The van der Waals surface area contributed by atoms with Gasteiger partial charge < -0.3 is 4.98 Å². The molecule has 2 aromatic heterocycles. The molecule has 0 bridgehead atoms. The Bertz CT molecular complexity index is 1120. The van der Waals surface area contributed by atoms with Gasteiger partial charge in [-0.15, -0.1) is 0 Å². The van der Waals surface area contributed by atoms with Gasteiger partial charge in [-0.05, 0) is 37.0 Å². The second kappa shape index (κ2) is 6.49. The van der Waals surface area contributed by atoms with E-state index in [0.29, 0.717) is 23.3 Å². The van der Waals surface area contributed by atoms with Crippen molar-refractivity contribution in [3.63, 3.8) is 0 Å². The van der Waals surface area contributed by atoms with Crippen molar-refractivity contribution in [2.45, 2.75) is 19.4 Å². The number of aromatic amines is 1. The highest BCUT2D eigenvalue weighted by Gasteiger charge is 2.24. The van der Waals surface area contributed by atoms with E-state index in [-0.39, 0.29) is 11.2 Å². The summed E-state index contributed by atoms with van der Waals surface area (Å²) >= 11 is 6.05.